The molecule has 2 aliphatic carbocycles. The molecule has 0 aromatic heterocycles. The molecule has 0 radical (unpaired) electrons. The van der Waals surface area contributed by atoms with Crippen molar-refractivity contribution in [1.29, 1.82) is 0 Å². The molecule has 3 unspecified atom stereocenters. The van der Waals surface area contributed by atoms with E-state index in [9.17, 15) is 4.79 Å². The van der Waals surface area contributed by atoms with Crippen molar-refractivity contribution in [3.05, 3.63) is 12.2 Å². The fourth-order valence-corrected chi connectivity index (χ4v) is 2.25. The molecule has 3 heteroatoms. The molecular weight excluding hydrogens is 168 g/mol. The van der Waals surface area contributed by atoms with Crippen molar-refractivity contribution in [2.45, 2.75) is 37.9 Å². The Balaban J connectivity index is 0.000000103. The second-order valence-electron chi connectivity index (χ2n) is 3.87. The number of hydrogen-bond acceptors (Lipinski definition) is 2. The number of carboxylic acid groups (broad SMARTS) is 1. The molecule has 3 nitrogen and oxygen atoms in total. The molecule has 1 spiro atoms. The van der Waals surface area contributed by atoms with Gasteiger partial charge in [-0.1, -0.05) is 6.08 Å². The maximum atomic E-state index is 9.51. The van der Waals surface area contributed by atoms with Crippen LogP contribution in [0.2, 0.25) is 0 Å². The standard InChI is InChI=1S/C6H8O.C4H6O2/c1-2-6-4(1)3-5(6)7-6;1-2-3-4(5)6/h4-5H,1-3H2;2-3H,1H3,(H,5,6). The van der Waals surface area contributed by atoms with E-state index in [0.717, 1.165) is 18.1 Å². The summed E-state index contributed by atoms with van der Waals surface area (Å²) in [5, 5.41) is 7.83. The van der Waals surface area contributed by atoms with Crippen LogP contribution in [0.1, 0.15) is 26.2 Å². The molecular formula is C10H14O3. The van der Waals surface area contributed by atoms with Crippen LogP contribution in [0.25, 0.3) is 0 Å². The number of aliphatic carboxylic acids is 1. The highest BCUT2D eigenvalue weighted by Gasteiger charge is 2.74. The Morgan fingerprint density at radius 3 is 2.46 bits per heavy atom. The maximum absolute atomic E-state index is 9.51. The summed E-state index contributed by atoms with van der Waals surface area (Å²) in [6.45, 7) is 1.66. The van der Waals surface area contributed by atoms with Crippen molar-refractivity contribution in [2.75, 3.05) is 0 Å². The summed E-state index contributed by atoms with van der Waals surface area (Å²) in [6.07, 6.45) is 7.52. The van der Waals surface area contributed by atoms with Crippen LogP contribution in [0.15, 0.2) is 12.2 Å². The fraction of sp³-hybridized carbons (Fsp3) is 0.700. The molecule has 3 fully saturated rings. The van der Waals surface area contributed by atoms with Gasteiger partial charge < -0.3 is 9.84 Å². The summed E-state index contributed by atoms with van der Waals surface area (Å²) in [7, 11) is 0. The molecule has 0 aromatic carbocycles. The monoisotopic (exact) mass is 182 g/mol. The Kier molecular flexibility index (Phi) is 1.91. The third-order valence-corrected chi connectivity index (χ3v) is 3.23. The van der Waals surface area contributed by atoms with Crippen LogP contribution in [0.4, 0.5) is 0 Å². The van der Waals surface area contributed by atoms with Crippen LogP contribution in [0.3, 0.4) is 0 Å². The highest BCUT2D eigenvalue weighted by Crippen LogP contribution is 2.68. The molecule has 0 bridgehead atoms. The van der Waals surface area contributed by atoms with Gasteiger partial charge in [0.2, 0.25) is 0 Å². The van der Waals surface area contributed by atoms with E-state index in [0.29, 0.717) is 5.60 Å². The number of carboxylic acids is 1. The van der Waals surface area contributed by atoms with E-state index >= 15 is 0 Å². The van der Waals surface area contributed by atoms with Crippen molar-refractivity contribution in [3.8, 4) is 0 Å². The SMILES string of the molecule is C1CC23OC2CC13.CC=CC(=O)O. The van der Waals surface area contributed by atoms with Crippen LogP contribution in [-0.2, 0) is 9.53 Å². The van der Waals surface area contributed by atoms with Gasteiger partial charge in [0.1, 0.15) is 0 Å². The number of allylic oxidation sites excluding steroid dienone is 1. The number of ether oxygens (including phenoxy) is 1. The number of epoxide rings is 1. The number of carbonyl (C=O) groups is 1. The zero-order valence-electron chi connectivity index (χ0n) is 7.69. The first-order valence-corrected chi connectivity index (χ1v) is 4.72. The molecule has 72 valence electrons. The van der Waals surface area contributed by atoms with Gasteiger partial charge in [0.05, 0.1) is 11.7 Å². The van der Waals surface area contributed by atoms with Crippen LogP contribution in [-0.4, -0.2) is 22.8 Å². The molecule has 13 heavy (non-hydrogen) atoms. The highest BCUT2D eigenvalue weighted by molar-refractivity contribution is 5.79. The van der Waals surface area contributed by atoms with Gasteiger partial charge in [-0.25, -0.2) is 4.79 Å². The normalized spacial score (nSPS) is 43.2. The summed E-state index contributed by atoms with van der Waals surface area (Å²) in [6, 6.07) is 0. The summed E-state index contributed by atoms with van der Waals surface area (Å²) in [4.78, 5) is 9.51. The molecule has 1 heterocycles. The van der Waals surface area contributed by atoms with E-state index in [1.807, 2.05) is 0 Å². The predicted molar refractivity (Wildman–Crippen MR) is 47.4 cm³/mol. The van der Waals surface area contributed by atoms with Crippen molar-refractivity contribution in [2.24, 2.45) is 5.92 Å². The van der Waals surface area contributed by atoms with Crippen molar-refractivity contribution >= 4 is 5.97 Å². The van der Waals surface area contributed by atoms with Gasteiger partial charge in [-0.2, -0.15) is 0 Å². The Morgan fingerprint density at radius 2 is 2.46 bits per heavy atom. The summed E-state index contributed by atoms with van der Waals surface area (Å²) in [5.41, 5.74) is 0.528. The van der Waals surface area contributed by atoms with Crippen molar-refractivity contribution in [3.63, 3.8) is 0 Å². The summed E-state index contributed by atoms with van der Waals surface area (Å²) in [5.74, 6) is 0.120. The smallest absolute Gasteiger partial charge is 0.327 e. The van der Waals surface area contributed by atoms with Gasteiger partial charge in [-0.15, -0.1) is 0 Å². The van der Waals surface area contributed by atoms with E-state index in [4.69, 9.17) is 9.84 Å². The lowest BCUT2D eigenvalue weighted by Crippen LogP contribution is -2.46. The van der Waals surface area contributed by atoms with E-state index in [1.165, 1.54) is 25.3 Å². The summed E-state index contributed by atoms with van der Waals surface area (Å²) < 4.78 is 5.41. The lowest BCUT2D eigenvalue weighted by molar-refractivity contribution is -0.131. The Labute approximate surface area is 77.4 Å². The minimum absolute atomic E-state index is 0.528. The third-order valence-electron chi connectivity index (χ3n) is 3.23. The molecule has 1 saturated heterocycles. The van der Waals surface area contributed by atoms with Gasteiger partial charge in [-0.3, -0.25) is 0 Å². The Bertz CT molecular complexity index is 253. The van der Waals surface area contributed by atoms with Gasteiger partial charge in [0.15, 0.2) is 0 Å². The average molecular weight is 182 g/mol. The zero-order valence-corrected chi connectivity index (χ0v) is 7.69. The second-order valence-corrected chi connectivity index (χ2v) is 3.87. The van der Waals surface area contributed by atoms with E-state index < -0.39 is 5.97 Å². The van der Waals surface area contributed by atoms with Gasteiger partial charge >= 0.3 is 5.97 Å². The van der Waals surface area contributed by atoms with E-state index in [1.54, 1.807) is 6.92 Å². The van der Waals surface area contributed by atoms with E-state index in [2.05, 4.69) is 0 Å². The quantitative estimate of drug-likeness (QED) is 0.495. The van der Waals surface area contributed by atoms with Crippen LogP contribution < -0.4 is 0 Å². The first kappa shape index (κ1) is 8.75. The molecule has 1 aliphatic heterocycles. The lowest BCUT2D eigenvalue weighted by atomic mass is 9.59. The lowest BCUT2D eigenvalue weighted by Gasteiger charge is -2.41. The average Bonchev–Trinajstić information content (AvgIpc) is 2.73. The topological polar surface area (TPSA) is 49.8 Å². The molecule has 0 aromatic rings. The van der Waals surface area contributed by atoms with Gasteiger partial charge in [0, 0.05) is 6.08 Å². The van der Waals surface area contributed by atoms with Crippen molar-refractivity contribution in [1.82, 2.24) is 0 Å². The Hall–Kier alpha value is -0.830. The molecule has 3 aliphatic rings. The molecule has 0 amide bonds. The molecule has 3 rings (SSSR count). The number of rotatable bonds is 1. The minimum Gasteiger partial charge on any atom is -0.478 e. The van der Waals surface area contributed by atoms with Gasteiger partial charge in [0.25, 0.3) is 0 Å². The molecule has 1 N–H and O–H groups in total. The zero-order chi connectivity index (χ0) is 9.47. The van der Waals surface area contributed by atoms with E-state index in [-0.39, 0.29) is 0 Å². The first-order chi connectivity index (χ1) is 6.19. The molecule has 2 saturated carbocycles. The Morgan fingerprint density at radius 1 is 1.69 bits per heavy atom. The fourth-order valence-electron chi connectivity index (χ4n) is 2.25. The minimum atomic E-state index is -0.891. The maximum Gasteiger partial charge on any atom is 0.327 e. The van der Waals surface area contributed by atoms with Crippen LogP contribution >= 0.6 is 0 Å². The highest BCUT2D eigenvalue weighted by atomic mass is 16.6. The first-order valence-electron chi connectivity index (χ1n) is 4.72. The summed E-state index contributed by atoms with van der Waals surface area (Å²) >= 11 is 0. The molecule has 3 atom stereocenters. The van der Waals surface area contributed by atoms with Crippen LogP contribution in [0, 0.1) is 5.92 Å². The predicted octanol–water partition coefficient (Wildman–Crippen LogP) is 1.58. The second kappa shape index (κ2) is 2.84. The largest absolute Gasteiger partial charge is 0.478 e. The van der Waals surface area contributed by atoms with Crippen molar-refractivity contribution < 1.29 is 14.6 Å². The van der Waals surface area contributed by atoms with Gasteiger partial charge in [-0.05, 0) is 32.1 Å². The van der Waals surface area contributed by atoms with Crippen LogP contribution in [0.5, 0.6) is 0 Å². The number of hydrogen-bond donors (Lipinski definition) is 1. The third kappa shape index (κ3) is 1.27.